The number of carbonyl (C=O) groups excluding carboxylic acids is 2. The number of ether oxygens (including phenoxy) is 2. The van der Waals surface area contributed by atoms with Crippen LogP contribution in [0.15, 0.2) is 36.4 Å². The highest BCUT2D eigenvalue weighted by Crippen LogP contribution is 2.37. The Morgan fingerprint density at radius 1 is 0.970 bits per heavy atom. The Balaban J connectivity index is 1.45. The van der Waals surface area contributed by atoms with Crippen molar-refractivity contribution < 1.29 is 19.1 Å². The van der Waals surface area contributed by atoms with Gasteiger partial charge in [-0.15, -0.1) is 0 Å². The number of esters is 1. The van der Waals surface area contributed by atoms with Crippen molar-refractivity contribution in [1.82, 2.24) is 4.90 Å². The summed E-state index contributed by atoms with van der Waals surface area (Å²) in [5.41, 5.74) is 3.05. The van der Waals surface area contributed by atoms with Crippen molar-refractivity contribution in [1.29, 1.82) is 0 Å². The molecule has 7 heteroatoms. The van der Waals surface area contributed by atoms with Crippen LogP contribution in [0.25, 0.3) is 11.1 Å². The van der Waals surface area contributed by atoms with Gasteiger partial charge in [0.2, 0.25) is 5.91 Å². The van der Waals surface area contributed by atoms with Crippen LogP contribution in [0.3, 0.4) is 0 Å². The van der Waals surface area contributed by atoms with E-state index >= 15 is 0 Å². The summed E-state index contributed by atoms with van der Waals surface area (Å²) in [6, 6.07) is 11.2. The van der Waals surface area contributed by atoms with Gasteiger partial charge in [0, 0.05) is 35.7 Å². The molecule has 33 heavy (non-hydrogen) atoms. The largest absolute Gasteiger partial charge is 0.465 e. The Morgan fingerprint density at radius 3 is 2.18 bits per heavy atom. The molecule has 2 aromatic rings. The van der Waals surface area contributed by atoms with Gasteiger partial charge in [-0.2, -0.15) is 0 Å². The molecule has 1 aliphatic carbocycles. The van der Waals surface area contributed by atoms with Crippen molar-refractivity contribution in [2.75, 3.05) is 20.8 Å². The maximum absolute atomic E-state index is 13.2. The van der Waals surface area contributed by atoms with Gasteiger partial charge in [-0.3, -0.25) is 4.79 Å². The molecule has 2 aromatic carbocycles. The Hall–Kier alpha value is -2.08. The normalized spacial score (nSPS) is 23.1. The van der Waals surface area contributed by atoms with E-state index in [1.165, 1.54) is 7.11 Å². The predicted molar refractivity (Wildman–Crippen MR) is 130 cm³/mol. The summed E-state index contributed by atoms with van der Waals surface area (Å²) in [6.45, 7) is 0.797. The van der Waals surface area contributed by atoms with E-state index < -0.39 is 0 Å². The number of hydrogen-bond acceptors (Lipinski definition) is 4. The fourth-order valence-corrected chi connectivity index (χ4v) is 5.68. The lowest BCUT2D eigenvalue weighted by molar-refractivity contribution is -0.134. The molecule has 0 aromatic heterocycles. The van der Waals surface area contributed by atoms with Crippen LogP contribution >= 0.6 is 23.2 Å². The van der Waals surface area contributed by atoms with Crippen molar-refractivity contribution in [3.63, 3.8) is 0 Å². The lowest BCUT2D eigenvalue weighted by Crippen LogP contribution is -2.41. The fourth-order valence-electron chi connectivity index (χ4n) is 5.04. The van der Waals surface area contributed by atoms with Gasteiger partial charge in [0.1, 0.15) is 0 Å². The zero-order valence-corrected chi connectivity index (χ0v) is 20.5. The molecule has 0 unspecified atom stereocenters. The Morgan fingerprint density at radius 2 is 1.61 bits per heavy atom. The molecule has 0 radical (unpaired) electrons. The first-order chi connectivity index (χ1) is 15.9. The van der Waals surface area contributed by atoms with Gasteiger partial charge in [0.15, 0.2) is 0 Å². The topological polar surface area (TPSA) is 55.8 Å². The minimum Gasteiger partial charge on any atom is -0.465 e. The average molecular weight is 490 g/mol. The van der Waals surface area contributed by atoms with E-state index in [0.717, 1.165) is 55.3 Å². The molecule has 1 atom stereocenters. The summed E-state index contributed by atoms with van der Waals surface area (Å²) in [7, 11) is 3.12. The molecule has 4 rings (SSSR count). The van der Waals surface area contributed by atoms with E-state index in [1.807, 2.05) is 24.3 Å². The Bertz CT molecular complexity index is 992. The number of amides is 1. The van der Waals surface area contributed by atoms with Gasteiger partial charge < -0.3 is 14.4 Å². The summed E-state index contributed by atoms with van der Waals surface area (Å²) >= 11 is 13.3. The summed E-state index contributed by atoms with van der Waals surface area (Å²) in [6.07, 6.45) is 5.71. The molecule has 1 aliphatic heterocycles. The lowest BCUT2D eigenvalue weighted by atomic mass is 9.91. The summed E-state index contributed by atoms with van der Waals surface area (Å²) in [5.74, 6) is -0.259. The van der Waals surface area contributed by atoms with E-state index in [1.54, 1.807) is 19.2 Å². The van der Waals surface area contributed by atoms with E-state index in [2.05, 4.69) is 4.90 Å². The zero-order valence-electron chi connectivity index (χ0n) is 19.0. The van der Waals surface area contributed by atoms with E-state index in [-0.39, 0.29) is 17.8 Å². The van der Waals surface area contributed by atoms with Crippen LogP contribution in [0.4, 0.5) is 0 Å². The van der Waals surface area contributed by atoms with Gasteiger partial charge >= 0.3 is 5.97 Å². The molecule has 2 fully saturated rings. The predicted octanol–water partition coefficient (Wildman–Crippen LogP) is 5.80. The average Bonchev–Trinajstić information content (AvgIpc) is 3.20. The van der Waals surface area contributed by atoms with Crippen LogP contribution in [0, 0.1) is 5.92 Å². The first kappa shape index (κ1) is 24.1. The molecule has 1 saturated heterocycles. The second-order valence-electron chi connectivity index (χ2n) is 8.87. The molecular formula is C26H29Cl2NO4. The second-order valence-corrected chi connectivity index (χ2v) is 9.69. The number of halogens is 2. The molecule has 1 amide bonds. The fraction of sp³-hybridized carbons (Fsp3) is 0.462. The Labute approximate surface area is 205 Å². The summed E-state index contributed by atoms with van der Waals surface area (Å²) < 4.78 is 10.2. The van der Waals surface area contributed by atoms with Crippen molar-refractivity contribution in [2.24, 2.45) is 5.92 Å². The van der Waals surface area contributed by atoms with Crippen molar-refractivity contribution >= 4 is 35.1 Å². The maximum Gasteiger partial charge on any atom is 0.337 e. The number of carbonyl (C=O) groups is 2. The number of benzene rings is 2. The smallest absolute Gasteiger partial charge is 0.337 e. The SMILES string of the molecule is COC(=O)c1ccc(-c2cc(Cl)c(C[C@@H]3CCN(C4CCC(OC)CC4)C3=O)c(Cl)c2)cc1. The van der Waals surface area contributed by atoms with Gasteiger partial charge in [-0.1, -0.05) is 35.3 Å². The van der Waals surface area contributed by atoms with Crippen LogP contribution in [-0.2, 0) is 20.7 Å². The van der Waals surface area contributed by atoms with Crippen molar-refractivity contribution in [2.45, 2.75) is 50.7 Å². The second kappa shape index (κ2) is 10.5. The third-order valence-corrected chi connectivity index (χ3v) is 7.67. The van der Waals surface area contributed by atoms with E-state index in [9.17, 15) is 9.59 Å². The van der Waals surface area contributed by atoms with Gasteiger partial charge in [0.25, 0.3) is 0 Å². The highest BCUT2D eigenvalue weighted by molar-refractivity contribution is 6.36. The molecular weight excluding hydrogens is 461 g/mol. The molecule has 5 nitrogen and oxygen atoms in total. The highest BCUT2D eigenvalue weighted by Gasteiger charge is 2.37. The van der Waals surface area contributed by atoms with E-state index in [4.69, 9.17) is 32.7 Å². The molecule has 176 valence electrons. The van der Waals surface area contributed by atoms with Crippen LogP contribution in [0.2, 0.25) is 10.0 Å². The number of hydrogen-bond donors (Lipinski definition) is 0. The maximum atomic E-state index is 13.2. The molecule has 1 saturated carbocycles. The Kier molecular flexibility index (Phi) is 7.62. The number of methoxy groups -OCH3 is 2. The minimum atomic E-state index is -0.380. The quantitative estimate of drug-likeness (QED) is 0.481. The first-order valence-corrected chi connectivity index (χ1v) is 12.2. The first-order valence-electron chi connectivity index (χ1n) is 11.4. The third-order valence-electron chi connectivity index (χ3n) is 7.00. The number of rotatable bonds is 6. The van der Waals surface area contributed by atoms with Crippen LogP contribution in [0.5, 0.6) is 0 Å². The minimum absolute atomic E-state index is 0.0923. The van der Waals surface area contributed by atoms with Gasteiger partial charge in [-0.25, -0.2) is 4.79 Å². The third kappa shape index (κ3) is 5.21. The highest BCUT2D eigenvalue weighted by atomic mass is 35.5. The standard InChI is InChI=1S/C26H29Cl2NO4/c1-32-21-9-7-20(8-10-21)29-12-11-18(25(29)30)13-22-23(27)14-19(15-24(22)28)16-3-5-17(6-4-16)26(31)33-2/h3-6,14-15,18,20-21H,7-13H2,1-2H3/t18-,20?,21?/m0/s1. The lowest BCUT2D eigenvalue weighted by Gasteiger charge is -2.34. The summed E-state index contributed by atoms with van der Waals surface area (Å²) in [4.78, 5) is 26.9. The molecule has 1 heterocycles. The molecule has 0 bridgehead atoms. The number of likely N-dealkylation sites (tertiary alicyclic amines) is 1. The van der Waals surface area contributed by atoms with E-state index in [0.29, 0.717) is 34.2 Å². The number of nitrogens with zero attached hydrogens (tertiary/aromatic N) is 1. The summed E-state index contributed by atoms with van der Waals surface area (Å²) in [5, 5.41) is 1.11. The zero-order chi connectivity index (χ0) is 23.5. The molecule has 0 N–H and O–H groups in total. The van der Waals surface area contributed by atoms with Crippen molar-refractivity contribution in [3.05, 3.63) is 57.6 Å². The van der Waals surface area contributed by atoms with Gasteiger partial charge in [-0.05, 0) is 79.5 Å². The monoisotopic (exact) mass is 489 g/mol. The van der Waals surface area contributed by atoms with Crippen molar-refractivity contribution in [3.8, 4) is 11.1 Å². The van der Waals surface area contributed by atoms with Crippen LogP contribution in [-0.4, -0.2) is 49.7 Å². The molecule has 2 aliphatic rings. The van der Waals surface area contributed by atoms with Crippen LogP contribution in [0.1, 0.15) is 48.0 Å². The van der Waals surface area contributed by atoms with Crippen LogP contribution < -0.4 is 0 Å². The van der Waals surface area contributed by atoms with Gasteiger partial charge in [0.05, 0.1) is 18.8 Å². The molecule has 0 spiro atoms.